The van der Waals surface area contributed by atoms with Gasteiger partial charge in [-0.25, -0.2) is 13.8 Å². The first-order valence-electron chi connectivity index (χ1n) is 16.4. The summed E-state index contributed by atoms with van der Waals surface area (Å²) >= 11 is 0. The highest BCUT2D eigenvalue weighted by molar-refractivity contribution is 6.00. The van der Waals surface area contributed by atoms with E-state index in [9.17, 15) is 23.5 Å². The number of nitrogens with zero attached hydrogens (tertiary/aromatic N) is 2. The number of carbonyl (C=O) groups is 2. The van der Waals surface area contributed by atoms with Gasteiger partial charge in [-0.15, -0.1) is 0 Å². The molecule has 47 heavy (non-hydrogen) atoms. The Morgan fingerprint density at radius 2 is 1.74 bits per heavy atom. The normalized spacial score (nSPS) is 17.5. The molecule has 4 N–H and O–H groups in total. The lowest BCUT2D eigenvalue weighted by molar-refractivity contribution is -0.132. The van der Waals surface area contributed by atoms with E-state index in [4.69, 9.17) is 10.2 Å². The van der Waals surface area contributed by atoms with Crippen molar-refractivity contribution in [2.75, 3.05) is 19.6 Å². The zero-order chi connectivity index (χ0) is 34.1. The van der Waals surface area contributed by atoms with Crippen molar-refractivity contribution in [3.63, 3.8) is 0 Å². The number of oxazole rings is 1. The monoisotopic (exact) mass is 648 g/mol. The van der Waals surface area contributed by atoms with Crippen LogP contribution >= 0.6 is 0 Å². The van der Waals surface area contributed by atoms with Crippen LogP contribution in [0.4, 0.5) is 8.78 Å². The summed E-state index contributed by atoms with van der Waals surface area (Å²) in [5, 5.41) is 15.2. The van der Waals surface area contributed by atoms with Crippen molar-refractivity contribution >= 4 is 17.4 Å². The van der Waals surface area contributed by atoms with Gasteiger partial charge in [0.2, 0.25) is 17.7 Å². The average Bonchev–Trinajstić information content (AvgIpc) is 3.48. The fourth-order valence-electron chi connectivity index (χ4n) is 6.42. The molecule has 0 aliphatic heterocycles. The molecule has 0 fully saturated rings. The molecule has 1 aliphatic carbocycles. The van der Waals surface area contributed by atoms with Crippen LogP contribution in [0.2, 0.25) is 0 Å². The number of rotatable bonds is 16. The Kier molecular flexibility index (Phi) is 12.2. The number of aromatic nitrogens is 1. The molecular weight excluding hydrogens is 602 g/mol. The van der Waals surface area contributed by atoms with Gasteiger partial charge in [0, 0.05) is 49.3 Å². The van der Waals surface area contributed by atoms with Crippen LogP contribution in [0.3, 0.4) is 0 Å². The van der Waals surface area contributed by atoms with Gasteiger partial charge in [0.1, 0.15) is 17.9 Å². The van der Waals surface area contributed by atoms with Crippen molar-refractivity contribution in [2.45, 2.75) is 72.4 Å². The molecular formula is C37H46F2N4O4. The number of halogens is 2. The molecule has 3 atom stereocenters. The number of nitrogens with two attached hydrogens (primary N) is 1. The maximum Gasteiger partial charge on any atom is 0.249 e. The van der Waals surface area contributed by atoms with Gasteiger partial charge in [0.15, 0.2) is 0 Å². The number of primary amides is 1. The number of aliphatic hydroxyl groups excluding tert-OH is 1. The summed E-state index contributed by atoms with van der Waals surface area (Å²) in [5.74, 6) is -3.41. The van der Waals surface area contributed by atoms with Gasteiger partial charge >= 0.3 is 0 Å². The molecule has 1 aromatic heterocycles. The number of hydrogen-bond donors (Lipinski definition) is 3. The highest BCUT2D eigenvalue weighted by Gasteiger charge is 2.49. The van der Waals surface area contributed by atoms with Gasteiger partial charge < -0.3 is 25.5 Å². The lowest BCUT2D eigenvalue weighted by Crippen LogP contribution is -2.51. The quantitative estimate of drug-likeness (QED) is 0.184. The zero-order valence-corrected chi connectivity index (χ0v) is 27.7. The molecule has 4 rings (SSSR count). The van der Waals surface area contributed by atoms with Crippen LogP contribution in [0.15, 0.2) is 70.9 Å². The Labute approximate surface area is 275 Å². The summed E-state index contributed by atoms with van der Waals surface area (Å²) in [6.45, 7) is 9.31. The molecule has 1 heterocycles. The first kappa shape index (κ1) is 35.7. The van der Waals surface area contributed by atoms with Crippen LogP contribution in [0.1, 0.15) is 68.3 Å². The molecule has 0 spiro atoms. The largest absolute Gasteiger partial charge is 0.444 e. The molecule has 1 unspecified atom stereocenters. The summed E-state index contributed by atoms with van der Waals surface area (Å²) in [7, 11) is 0. The lowest BCUT2D eigenvalue weighted by atomic mass is 9.63. The van der Waals surface area contributed by atoms with E-state index >= 15 is 0 Å². The van der Waals surface area contributed by atoms with E-state index in [0.29, 0.717) is 36.5 Å². The number of aryl methyl sites for hydroxylation is 2. The number of aliphatic hydroxyl groups is 1. The molecule has 1 aliphatic rings. The third-order valence-electron chi connectivity index (χ3n) is 8.69. The molecule has 0 radical (unpaired) electrons. The Morgan fingerprint density at radius 1 is 1.06 bits per heavy atom. The second-order valence-corrected chi connectivity index (χ2v) is 12.4. The van der Waals surface area contributed by atoms with Gasteiger partial charge in [-0.1, -0.05) is 51.1 Å². The van der Waals surface area contributed by atoms with Crippen LogP contribution in [0.25, 0.3) is 5.57 Å². The summed E-state index contributed by atoms with van der Waals surface area (Å²) in [6, 6.07) is 11.2. The van der Waals surface area contributed by atoms with Crippen molar-refractivity contribution in [2.24, 2.45) is 17.1 Å². The predicted octanol–water partition coefficient (Wildman–Crippen LogP) is 5.67. The maximum atomic E-state index is 14.4. The summed E-state index contributed by atoms with van der Waals surface area (Å²) in [4.78, 5) is 34.0. The van der Waals surface area contributed by atoms with E-state index in [1.54, 1.807) is 24.0 Å². The number of carbonyl (C=O) groups excluding carboxylic acids is 2. The Bertz CT molecular complexity index is 1590. The molecule has 252 valence electrons. The molecule has 0 saturated heterocycles. The van der Waals surface area contributed by atoms with E-state index in [1.807, 2.05) is 32.0 Å². The third-order valence-corrected chi connectivity index (χ3v) is 8.69. The first-order valence-corrected chi connectivity index (χ1v) is 16.4. The topological polar surface area (TPSA) is 122 Å². The molecule has 3 aromatic rings. The minimum absolute atomic E-state index is 0.0416. The number of hydrogen-bond acceptors (Lipinski definition) is 6. The van der Waals surface area contributed by atoms with Crippen molar-refractivity contribution in [1.82, 2.24) is 15.2 Å². The number of amides is 2. The smallest absolute Gasteiger partial charge is 0.249 e. The fraction of sp³-hybridized carbons (Fsp3) is 0.432. The predicted molar refractivity (Wildman–Crippen MR) is 178 cm³/mol. The van der Waals surface area contributed by atoms with Crippen LogP contribution in [0.5, 0.6) is 0 Å². The molecule has 0 saturated carbocycles. The Morgan fingerprint density at radius 3 is 2.34 bits per heavy atom. The first-order chi connectivity index (χ1) is 22.5. The maximum absolute atomic E-state index is 14.4. The highest BCUT2D eigenvalue weighted by Crippen LogP contribution is 2.46. The number of allylic oxidation sites excluding steroid dienone is 2. The van der Waals surface area contributed by atoms with Crippen LogP contribution in [0, 0.1) is 29.9 Å². The van der Waals surface area contributed by atoms with Gasteiger partial charge in [-0.2, -0.15) is 0 Å². The summed E-state index contributed by atoms with van der Waals surface area (Å²) in [6.07, 6.45) is 5.65. The van der Waals surface area contributed by atoms with Crippen molar-refractivity contribution < 1.29 is 27.9 Å². The zero-order valence-electron chi connectivity index (χ0n) is 27.7. The summed E-state index contributed by atoms with van der Waals surface area (Å²) in [5.41, 5.74) is 8.31. The fourth-order valence-corrected chi connectivity index (χ4v) is 6.42. The van der Waals surface area contributed by atoms with Crippen LogP contribution in [-0.4, -0.2) is 52.5 Å². The van der Waals surface area contributed by atoms with Crippen molar-refractivity contribution in [3.05, 3.63) is 106 Å². The van der Waals surface area contributed by atoms with Crippen molar-refractivity contribution in [3.8, 4) is 0 Å². The minimum Gasteiger partial charge on any atom is -0.444 e. The number of nitrogens with one attached hydrogen (secondary N) is 1. The second-order valence-electron chi connectivity index (χ2n) is 12.4. The highest BCUT2D eigenvalue weighted by atomic mass is 19.1. The van der Waals surface area contributed by atoms with E-state index < -0.39 is 35.0 Å². The van der Waals surface area contributed by atoms with Gasteiger partial charge in [0.05, 0.1) is 17.2 Å². The molecule has 2 aromatic carbocycles. The minimum atomic E-state index is -1.65. The number of benzene rings is 2. The molecule has 10 heteroatoms. The van der Waals surface area contributed by atoms with Crippen molar-refractivity contribution in [1.29, 1.82) is 0 Å². The van der Waals surface area contributed by atoms with E-state index in [0.717, 1.165) is 30.9 Å². The van der Waals surface area contributed by atoms with Gasteiger partial charge in [-0.05, 0) is 73.9 Å². The second kappa shape index (κ2) is 16.1. The lowest BCUT2D eigenvalue weighted by Gasteiger charge is -2.42. The molecule has 0 bridgehead atoms. The standard InChI is InChI=1S/C37H46F2N4O4/c1-5-11-43(12-6-2)35(45)29-17-28(34-42-24(4)23-47-34)19-37(20-29,36(40)46)32(16-27-14-30(38)18-31(39)15-27)33(44)22-41-21-26-10-8-9-25(7-3)13-26/h8-10,13-15,17-19,23,32-33,41,44H,5-7,11-12,16,20-22H2,1-4H3,(H2,40,46)/t32-,33+,37?/m1/s1. The molecule has 8 nitrogen and oxygen atoms in total. The van der Waals surface area contributed by atoms with Crippen LogP contribution < -0.4 is 11.1 Å². The Balaban J connectivity index is 1.80. The van der Waals surface area contributed by atoms with Crippen LogP contribution in [-0.2, 0) is 29.0 Å². The molecule has 2 amide bonds. The summed E-state index contributed by atoms with van der Waals surface area (Å²) < 4.78 is 34.5. The van der Waals surface area contributed by atoms with E-state index in [2.05, 4.69) is 23.3 Å². The van der Waals surface area contributed by atoms with E-state index in [1.165, 1.54) is 24.0 Å². The average molecular weight is 649 g/mol. The van der Waals surface area contributed by atoms with Gasteiger partial charge in [0.25, 0.3) is 0 Å². The SMILES string of the molecule is CCCN(CCC)C(=O)C1=CC(c2nc(C)co2)=CC(C(N)=O)([C@H](Cc2cc(F)cc(F)c2)[C@@H](O)CNCc2cccc(CC)c2)C1. The third kappa shape index (κ3) is 8.81. The van der Waals surface area contributed by atoms with E-state index in [-0.39, 0.29) is 36.7 Å². The van der Waals surface area contributed by atoms with Gasteiger partial charge in [-0.3, -0.25) is 9.59 Å². The Hall–Kier alpha value is -4.15.